The summed E-state index contributed by atoms with van der Waals surface area (Å²) < 4.78 is 33.0. The van der Waals surface area contributed by atoms with Crippen LogP contribution in [-0.2, 0) is 10.0 Å². The van der Waals surface area contributed by atoms with Crippen molar-refractivity contribution >= 4 is 44.2 Å². The van der Waals surface area contributed by atoms with E-state index in [-0.39, 0.29) is 32.8 Å². The van der Waals surface area contributed by atoms with Gasteiger partial charge in [0.1, 0.15) is 10.8 Å². The van der Waals surface area contributed by atoms with Crippen LogP contribution in [0.5, 0.6) is 11.5 Å². The molecule has 3 aromatic heterocycles. The lowest BCUT2D eigenvalue weighted by Gasteiger charge is -2.10. The fourth-order valence-electron chi connectivity index (χ4n) is 3.18. The van der Waals surface area contributed by atoms with Crippen molar-refractivity contribution in [3.05, 3.63) is 75.7 Å². The van der Waals surface area contributed by atoms with Gasteiger partial charge >= 0.3 is 5.82 Å². The third-order valence-electron chi connectivity index (χ3n) is 4.70. The summed E-state index contributed by atoms with van der Waals surface area (Å²) in [6.07, 6.45) is 3.97. The molecular weight excluding hydrogens is 458 g/mol. The maximum Gasteiger partial charge on any atom is 0.388 e. The van der Waals surface area contributed by atoms with Crippen molar-refractivity contribution in [1.29, 1.82) is 0 Å². The number of pyridine rings is 2. The van der Waals surface area contributed by atoms with Crippen LogP contribution in [0, 0.1) is 17.0 Å². The van der Waals surface area contributed by atoms with E-state index in [2.05, 4.69) is 15.3 Å². The number of rotatable bonds is 6. The van der Waals surface area contributed by atoms with Crippen molar-refractivity contribution in [2.24, 2.45) is 0 Å². The van der Waals surface area contributed by atoms with Crippen LogP contribution in [-0.4, -0.2) is 34.3 Å². The van der Waals surface area contributed by atoms with Crippen LogP contribution in [0.15, 0.2) is 59.9 Å². The molecule has 0 aliphatic rings. The molecule has 0 amide bonds. The number of halogens is 1. The van der Waals surface area contributed by atoms with E-state index in [0.717, 1.165) is 10.2 Å². The molecule has 0 unspecified atom stereocenters. The van der Waals surface area contributed by atoms with Gasteiger partial charge in [-0.15, -0.1) is 0 Å². The van der Waals surface area contributed by atoms with Crippen molar-refractivity contribution in [3.8, 4) is 11.5 Å². The number of hydrogen-bond acceptors (Lipinski definition) is 8. The number of fused-ring (bicyclic) bond motifs is 1. The highest BCUT2D eigenvalue weighted by Crippen LogP contribution is 2.39. The van der Waals surface area contributed by atoms with E-state index in [9.17, 15) is 18.5 Å². The maximum absolute atomic E-state index is 13.0. The average Bonchev–Trinajstić information content (AvgIpc) is 3.12. The Morgan fingerprint density at radius 2 is 1.91 bits per heavy atom. The van der Waals surface area contributed by atoms with Gasteiger partial charge in [-0.25, -0.2) is 17.4 Å². The molecule has 3 heterocycles. The molecule has 0 saturated carbocycles. The van der Waals surface area contributed by atoms with Gasteiger partial charge in [-0.2, -0.15) is 0 Å². The number of aryl methyl sites for hydroxylation is 1. The SMILES string of the molecule is CNc1c([N+](=O)[O-])ncc(Oc2cnc3c(c2)c(C)cn3S(=O)(=O)c2ccccc2)c1Cl. The molecule has 0 radical (unpaired) electrons. The van der Waals surface area contributed by atoms with Gasteiger partial charge in [0.25, 0.3) is 10.0 Å². The predicted molar refractivity (Wildman–Crippen MR) is 119 cm³/mol. The van der Waals surface area contributed by atoms with Crippen molar-refractivity contribution < 1.29 is 18.1 Å². The van der Waals surface area contributed by atoms with Gasteiger partial charge < -0.3 is 20.2 Å². The topological polar surface area (TPSA) is 129 Å². The normalized spacial score (nSPS) is 11.5. The largest absolute Gasteiger partial charge is 0.450 e. The molecular formula is C20H16ClN5O5S. The van der Waals surface area contributed by atoms with Crippen LogP contribution in [0.3, 0.4) is 0 Å². The molecule has 10 nitrogen and oxygen atoms in total. The molecule has 0 atom stereocenters. The highest BCUT2D eigenvalue weighted by atomic mass is 35.5. The second kappa shape index (κ2) is 8.09. The summed E-state index contributed by atoms with van der Waals surface area (Å²) in [4.78, 5) is 18.7. The highest BCUT2D eigenvalue weighted by molar-refractivity contribution is 7.90. The fourth-order valence-corrected chi connectivity index (χ4v) is 4.84. The smallest absolute Gasteiger partial charge is 0.388 e. The second-order valence-electron chi connectivity index (χ2n) is 6.71. The number of ether oxygens (including phenoxy) is 1. The lowest BCUT2D eigenvalue weighted by atomic mass is 10.2. The monoisotopic (exact) mass is 473 g/mol. The van der Waals surface area contributed by atoms with Crippen LogP contribution in [0.2, 0.25) is 5.02 Å². The molecule has 32 heavy (non-hydrogen) atoms. The van der Waals surface area contributed by atoms with E-state index in [0.29, 0.717) is 10.9 Å². The predicted octanol–water partition coefficient (Wildman–Crippen LogP) is 4.37. The molecule has 0 saturated heterocycles. The number of nitrogens with zero attached hydrogens (tertiary/aromatic N) is 4. The van der Waals surface area contributed by atoms with Crippen LogP contribution in [0.25, 0.3) is 11.0 Å². The Labute approximate surface area is 187 Å². The minimum Gasteiger partial charge on any atom is -0.450 e. The first-order valence-electron chi connectivity index (χ1n) is 9.21. The zero-order valence-electron chi connectivity index (χ0n) is 16.8. The molecule has 12 heteroatoms. The number of hydrogen-bond donors (Lipinski definition) is 1. The molecule has 4 rings (SSSR count). The van der Waals surface area contributed by atoms with Crippen molar-refractivity contribution in [3.63, 3.8) is 0 Å². The molecule has 1 aromatic carbocycles. The lowest BCUT2D eigenvalue weighted by Crippen LogP contribution is -2.12. The first-order valence-corrected chi connectivity index (χ1v) is 11.0. The van der Waals surface area contributed by atoms with Crippen LogP contribution < -0.4 is 10.1 Å². The van der Waals surface area contributed by atoms with Gasteiger partial charge in [0.2, 0.25) is 0 Å². The first kappa shape index (κ1) is 21.5. The van der Waals surface area contributed by atoms with Gasteiger partial charge in [-0.05, 0) is 40.6 Å². The summed E-state index contributed by atoms with van der Waals surface area (Å²) >= 11 is 6.25. The lowest BCUT2D eigenvalue weighted by molar-refractivity contribution is -0.388. The standard InChI is InChI=1S/C20H16ClN5O5S/c1-12-11-25(32(29,30)14-6-4-3-5-7-14)19-15(12)8-13(9-23-19)31-16-10-24-20(26(27)28)18(22-2)17(16)21/h3-11,22H,1-2H3. The molecule has 0 fully saturated rings. The summed E-state index contributed by atoms with van der Waals surface area (Å²) in [6.45, 7) is 1.75. The summed E-state index contributed by atoms with van der Waals surface area (Å²) in [6, 6.07) is 9.66. The number of benzene rings is 1. The molecule has 0 bridgehead atoms. The maximum atomic E-state index is 13.0. The number of aromatic nitrogens is 3. The summed E-state index contributed by atoms with van der Waals surface area (Å²) in [5, 5.41) is 14.3. The number of nitro groups is 1. The quantitative estimate of drug-likeness (QED) is 0.322. The third-order valence-corrected chi connectivity index (χ3v) is 6.74. The van der Waals surface area contributed by atoms with Gasteiger partial charge in [0.15, 0.2) is 23.3 Å². The zero-order valence-corrected chi connectivity index (χ0v) is 18.4. The number of anilines is 1. The van der Waals surface area contributed by atoms with Gasteiger partial charge in [-0.1, -0.05) is 29.8 Å². The van der Waals surface area contributed by atoms with E-state index >= 15 is 0 Å². The summed E-state index contributed by atoms with van der Waals surface area (Å²) in [5.41, 5.74) is 0.920. The molecule has 164 valence electrons. The average molecular weight is 474 g/mol. The van der Waals surface area contributed by atoms with Crippen LogP contribution in [0.4, 0.5) is 11.5 Å². The van der Waals surface area contributed by atoms with E-state index in [1.165, 1.54) is 31.6 Å². The third kappa shape index (κ3) is 3.61. The summed E-state index contributed by atoms with van der Waals surface area (Å²) in [5.74, 6) is -0.0932. The Morgan fingerprint density at radius 3 is 2.56 bits per heavy atom. The van der Waals surface area contributed by atoms with Crippen molar-refractivity contribution in [2.75, 3.05) is 12.4 Å². The Balaban J connectivity index is 1.75. The first-order chi connectivity index (χ1) is 15.2. The molecule has 0 aliphatic carbocycles. The molecule has 0 spiro atoms. The van der Waals surface area contributed by atoms with Gasteiger partial charge in [0, 0.05) is 18.6 Å². The zero-order chi connectivity index (χ0) is 23.0. The van der Waals surface area contributed by atoms with Crippen LogP contribution >= 0.6 is 11.6 Å². The van der Waals surface area contributed by atoms with Crippen LogP contribution in [0.1, 0.15) is 5.56 Å². The highest BCUT2D eigenvalue weighted by Gasteiger charge is 2.24. The van der Waals surface area contributed by atoms with Gasteiger partial charge in [0.05, 0.1) is 11.1 Å². The minimum atomic E-state index is -3.83. The Hall–Kier alpha value is -3.70. The Bertz CT molecular complexity index is 1450. The van der Waals surface area contributed by atoms with E-state index < -0.39 is 20.8 Å². The molecule has 1 N–H and O–H groups in total. The van der Waals surface area contributed by atoms with Crippen molar-refractivity contribution in [2.45, 2.75) is 11.8 Å². The Kier molecular flexibility index (Phi) is 5.45. The number of nitrogens with one attached hydrogen (secondary N) is 1. The van der Waals surface area contributed by atoms with E-state index in [1.807, 2.05) is 0 Å². The molecule has 0 aliphatic heterocycles. The summed E-state index contributed by atoms with van der Waals surface area (Å²) in [7, 11) is -2.36. The van der Waals surface area contributed by atoms with Gasteiger partial charge in [-0.3, -0.25) is 0 Å². The second-order valence-corrected chi connectivity index (χ2v) is 8.91. The van der Waals surface area contributed by atoms with Crippen molar-refractivity contribution in [1.82, 2.24) is 13.9 Å². The minimum absolute atomic E-state index is 0.0134. The van der Waals surface area contributed by atoms with E-state index in [1.54, 1.807) is 31.2 Å². The van der Waals surface area contributed by atoms with E-state index in [4.69, 9.17) is 16.3 Å². The molecule has 4 aromatic rings. The Morgan fingerprint density at radius 1 is 1.19 bits per heavy atom. The fraction of sp³-hybridized carbons (Fsp3) is 0.100.